The van der Waals surface area contributed by atoms with Gasteiger partial charge in [-0.25, -0.2) is 0 Å². The molecule has 0 saturated heterocycles. The molecular formula is C22H22O2S. The van der Waals surface area contributed by atoms with Gasteiger partial charge in [-0.2, -0.15) is 0 Å². The summed E-state index contributed by atoms with van der Waals surface area (Å²) in [5, 5.41) is 0. The van der Waals surface area contributed by atoms with Crippen molar-refractivity contribution < 1.29 is 9.53 Å². The molecule has 0 amide bonds. The van der Waals surface area contributed by atoms with E-state index in [4.69, 9.17) is 4.74 Å². The molecule has 2 nitrogen and oxygen atoms in total. The van der Waals surface area contributed by atoms with Gasteiger partial charge in [-0.15, -0.1) is 11.8 Å². The number of ketones is 1. The van der Waals surface area contributed by atoms with Crippen LogP contribution in [0.15, 0.2) is 41.3 Å². The second-order valence-electron chi connectivity index (χ2n) is 6.91. The van der Waals surface area contributed by atoms with Gasteiger partial charge >= 0.3 is 0 Å². The van der Waals surface area contributed by atoms with Crippen LogP contribution in [0.1, 0.15) is 54.2 Å². The van der Waals surface area contributed by atoms with Crippen molar-refractivity contribution in [2.24, 2.45) is 0 Å². The lowest BCUT2D eigenvalue weighted by molar-refractivity contribution is 0.101. The third-order valence-corrected chi connectivity index (χ3v) is 5.72. The number of methoxy groups -OCH3 is 1. The summed E-state index contributed by atoms with van der Waals surface area (Å²) in [4.78, 5) is 12.9. The molecule has 0 unspecified atom stereocenters. The van der Waals surface area contributed by atoms with Gasteiger partial charge in [-0.1, -0.05) is 25.7 Å². The highest BCUT2D eigenvalue weighted by Gasteiger charge is 2.27. The molecule has 0 N–H and O–H groups in total. The first-order valence-electron chi connectivity index (χ1n) is 8.39. The molecule has 25 heavy (non-hydrogen) atoms. The Morgan fingerprint density at radius 1 is 1.16 bits per heavy atom. The van der Waals surface area contributed by atoms with E-state index in [1.54, 1.807) is 26.2 Å². The lowest BCUT2D eigenvalue weighted by Crippen LogP contribution is -2.22. The van der Waals surface area contributed by atoms with E-state index in [0.717, 1.165) is 11.1 Å². The quantitative estimate of drug-likeness (QED) is 0.559. The molecule has 1 aliphatic heterocycles. The topological polar surface area (TPSA) is 26.3 Å². The highest BCUT2D eigenvalue weighted by molar-refractivity contribution is 7.99. The summed E-state index contributed by atoms with van der Waals surface area (Å²) in [6, 6.07) is 11.9. The first-order chi connectivity index (χ1) is 11.9. The Morgan fingerprint density at radius 2 is 1.96 bits per heavy atom. The summed E-state index contributed by atoms with van der Waals surface area (Å²) in [5.41, 5.74) is 4.01. The number of fused-ring (bicyclic) bond motifs is 1. The van der Waals surface area contributed by atoms with Crippen molar-refractivity contribution in [3.05, 3.63) is 58.7 Å². The Kier molecular flexibility index (Phi) is 4.92. The summed E-state index contributed by atoms with van der Waals surface area (Å²) in [6.45, 7) is 6.14. The van der Waals surface area contributed by atoms with Gasteiger partial charge < -0.3 is 4.74 Å². The summed E-state index contributed by atoms with van der Waals surface area (Å²) in [5.74, 6) is 8.26. The van der Waals surface area contributed by atoms with Crippen LogP contribution in [0.3, 0.4) is 0 Å². The number of carbonyl (C=O) groups excluding carboxylic acids is 1. The highest BCUT2D eigenvalue weighted by Crippen LogP contribution is 2.41. The van der Waals surface area contributed by atoms with Crippen LogP contribution in [0.4, 0.5) is 0 Å². The predicted molar refractivity (Wildman–Crippen MR) is 104 cm³/mol. The van der Waals surface area contributed by atoms with Gasteiger partial charge in [0.25, 0.3) is 0 Å². The van der Waals surface area contributed by atoms with E-state index in [1.165, 1.54) is 22.6 Å². The predicted octanol–water partition coefficient (Wildman–Crippen LogP) is 5.07. The van der Waals surface area contributed by atoms with Crippen molar-refractivity contribution in [2.75, 3.05) is 12.9 Å². The van der Waals surface area contributed by atoms with Gasteiger partial charge in [0.15, 0.2) is 5.78 Å². The minimum Gasteiger partial charge on any atom is -0.495 e. The maximum atomic E-state index is 11.5. The van der Waals surface area contributed by atoms with Crippen molar-refractivity contribution in [3.63, 3.8) is 0 Å². The zero-order valence-electron chi connectivity index (χ0n) is 15.1. The molecule has 0 spiro atoms. The molecule has 2 aromatic carbocycles. The smallest absolute Gasteiger partial charge is 0.159 e. The molecule has 0 atom stereocenters. The fraction of sp³-hybridized carbons (Fsp3) is 0.318. The number of hydrogen-bond donors (Lipinski definition) is 0. The molecule has 0 aliphatic carbocycles. The Bertz CT molecular complexity index is 885. The van der Waals surface area contributed by atoms with Crippen LogP contribution in [0.25, 0.3) is 0 Å². The Morgan fingerprint density at radius 3 is 2.68 bits per heavy atom. The van der Waals surface area contributed by atoms with Gasteiger partial charge in [0.1, 0.15) is 5.75 Å². The first-order valence-corrected chi connectivity index (χ1v) is 9.37. The molecule has 2 aromatic rings. The average molecular weight is 350 g/mol. The van der Waals surface area contributed by atoms with Crippen molar-refractivity contribution in [1.29, 1.82) is 0 Å². The fourth-order valence-electron chi connectivity index (χ4n) is 2.97. The SMILES string of the molecule is COc1cc(C(C)=O)ccc1C#Cc1ccc2c(c1)C(C)(C)CCS2. The Labute approximate surface area is 154 Å². The van der Waals surface area contributed by atoms with E-state index in [0.29, 0.717) is 11.3 Å². The third kappa shape index (κ3) is 3.75. The maximum absolute atomic E-state index is 11.5. The van der Waals surface area contributed by atoms with Gasteiger partial charge in [0.2, 0.25) is 0 Å². The zero-order chi connectivity index (χ0) is 18.0. The second-order valence-corrected chi connectivity index (χ2v) is 8.05. The molecule has 3 heteroatoms. The van der Waals surface area contributed by atoms with Crippen LogP contribution >= 0.6 is 11.8 Å². The van der Waals surface area contributed by atoms with Crippen LogP contribution in [-0.4, -0.2) is 18.6 Å². The first kappa shape index (κ1) is 17.6. The lowest BCUT2D eigenvalue weighted by Gasteiger charge is -2.32. The number of Topliss-reactive ketones (excluding diaryl/α,β-unsaturated/α-hetero) is 1. The number of benzene rings is 2. The van der Waals surface area contributed by atoms with Crippen LogP contribution in [0.5, 0.6) is 5.75 Å². The molecule has 1 heterocycles. The fourth-order valence-corrected chi connectivity index (χ4v) is 4.45. The maximum Gasteiger partial charge on any atom is 0.159 e. The molecule has 0 fully saturated rings. The summed E-state index contributed by atoms with van der Waals surface area (Å²) in [6.07, 6.45) is 1.18. The number of thioether (sulfide) groups is 1. The van der Waals surface area contributed by atoms with E-state index < -0.39 is 0 Å². The van der Waals surface area contributed by atoms with Gasteiger partial charge in [0.05, 0.1) is 12.7 Å². The number of carbonyl (C=O) groups is 1. The number of ether oxygens (including phenoxy) is 1. The largest absolute Gasteiger partial charge is 0.495 e. The molecule has 0 radical (unpaired) electrons. The third-order valence-electron chi connectivity index (χ3n) is 4.64. The van der Waals surface area contributed by atoms with Crippen LogP contribution in [0.2, 0.25) is 0 Å². The van der Waals surface area contributed by atoms with E-state index in [1.807, 2.05) is 17.8 Å². The number of rotatable bonds is 2. The summed E-state index contributed by atoms with van der Waals surface area (Å²) in [7, 11) is 1.60. The van der Waals surface area contributed by atoms with Gasteiger partial charge in [-0.3, -0.25) is 4.79 Å². The molecular weight excluding hydrogens is 328 g/mol. The Hall–Kier alpha value is -2.18. The van der Waals surface area contributed by atoms with E-state index in [9.17, 15) is 4.79 Å². The summed E-state index contributed by atoms with van der Waals surface area (Å²) >= 11 is 1.92. The highest BCUT2D eigenvalue weighted by atomic mass is 32.2. The van der Waals surface area contributed by atoms with E-state index in [-0.39, 0.29) is 11.2 Å². The average Bonchev–Trinajstić information content (AvgIpc) is 2.59. The molecule has 0 bridgehead atoms. The molecule has 128 valence electrons. The van der Waals surface area contributed by atoms with Crippen molar-refractivity contribution in [1.82, 2.24) is 0 Å². The normalized spacial score (nSPS) is 14.9. The van der Waals surface area contributed by atoms with Crippen LogP contribution in [0, 0.1) is 11.8 Å². The zero-order valence-corrected chi connectivity index (χ0v) is 15.9. The molecule has 0 aromatic heterocycles. The van der Waals surface area contributed by atoms with E-state index >= 15 is 0 Å². The lowest BCUT2D eigenvalue weighted by atomic mass is 9.81. The minimum absolute atomic E-state index is 0.0206. The van der Waals surface area contributed by atoms with Gasteiger partial charge in [0, 0.05) is 16.0 Å². The minimum atomic E-state index is 0.0206. The van der Waals surface area contributed by atoms with Crippen molar-refractivity contribution in [3.8, 4) is 17.6 Å². The van der Waals surface area contributed by atoms with Crippen molar-refractivity contribution in [2.45, 2.75) is 37.5 Å². The van der Waals surface area contributed by atoms with Gasteiger partial charge in [-0.05, 0) is 66.5 Å². The van der Waals surface area contributed by atoms with Crippen LogP contribution in [-0.2, 0) is 5.41 Å². The monoisotopic (exact) mass is 350 g/mol. The summed E-state index contributed by atoms with van der Waals surface area (Å²) < 4.78 is 5.39. The number of hydrogen-bond acceptors (Lipinski definition) is 3. The molecule has 1 aliphatic rings. The van der Waals surface area contributed by atoms with E-state index in [2.05, 4.69) is 43.9 Å². The molecule has 0 saturated carbocycles. The molecule has 3 rings (SSSR count). The van der Waals surface area contributed by atoms with Crippen LogP contribution < -0.4 is 4.74 Å². The second kappa shape index (κ2) is 6.98. The van der Waals surface area contributed by atoms with Crippen molar-refractivity contribution >= 4 is 17.5 Å². The Balaban J connectivity index is 1.96. The standard InChI is InChI=1S/C22H22O2S/c1-15(23)18-9-8-17(20(14-18)24-4)7-5-16-6-10-21-19(13-16)22(2,3)11-12-25-21/h6,8-10,13-14H,11-12H2,1-4H3.